The molecule has 1 heterocycles. The summed E-state index contributed by atoms with van der Waals surface area (Å²) in [4.78, 5) is 18.6. The van der Waals surface area contributed by atoms with Crippen LogP contribution in [0.3, 0.4) is 0 Å². The minimum absolute atomic E-state index is 0.0656. The molecule has 0 radical (unpaired) electrons. The molecule has 1 aromatic rings. The van der Waals surface area contributed by atoms with Crippen molar-refractivity contribution in [3.05, 3.63) is 35.6 Å². The summed E-state index contributed by atoms with van der Waals surface area (Å²) in [5, 5.41) is 9.44. The van der Waals surface area contributed by atoms with E-state index in [-0.39, 0.29) is 23.9 Å². The van der Waals surface area contributed by atoms with Crippen LogP contribution in [0.5, 0.6) is 0 Å². The first-order valence-electron chi connectivity index (χ1n) is 8.50. The molecule has 0 unspecified atom stereocenters. The minimum Gasteiger partial charge on any atom is -0.392 e. The Kier molecular flexibility index (Phi) is 6.71. The SMILES string of the molecule is C[C@H](O)CN1CCN(CC(=O)N(C)[C@@H](C)c2ccc(F)cc2)CC1. The second kappa shape index (κ2) is 8.55. The quantitative estimate of drug-likeness (QED) is 0.851. The lowest BCUT2D eigenvalue weighted by Crippen LogP contribution is -2.51. The third kappa shape index (κ3) is 5.26. The molecule has 2 atom stereocenters. The molecule has 0 bridgehead atoms. The van der Waals surface area contributed by atoms with Crippen molar-refractivity contribution in [2.75, 3.05) is 46.3 Å². The maximum atomic E-state index is 13.0. The fraction of sp³-hybridized carbons (Fsp3) is 0.611. The molecule has 2 rings (SSSR count). The number of nitrogens with zero attached hydrogens (tertiary/aromatic N) is 3. The van der Waals surface area contributed by atoms with Gasteiger partial charge in [0, 0.05) is 39.8 Å². The number of piperazine rings is 1. The van der Waals surface area contributed by atoms with E-state index in [0.717, 1.165) is 31.7 Å². The number of hydrogen-bond donors (Lipinski definition) is 1. The van der Waals surface area contributed by atoms with E-state index < -0.39 is 0 Å². The highest BCUT2D eigenvalue weighted by molar-refractivity contribution is 5.78. The summed E-state index contributed by atoms with van der Waals surface area (Å²) in [6, 6.07) is 6.20. The number of carbonyl (C=O) groups is 1. The monoisotopic (exact) mass is 337 g/mol. The van der Waals surface area contributed by atoms with Gasteiger partial charge in [-0.2, -0.15) is 0 Å². The Hall–Kier alpha value is -1.50. The third-order valence-corrected chi connectivity index (χ3v) is 4.67. The lowest BCUT2D eigenvalue weighted by molar-refractivity contribution is -0.133. The largest absolute Gasteiger partial charge is 0.392 e. The topological polar surface area (TPSA) is 47.0 Å². The van der Waals surface area contributed by atoms with Crippen molar-refractivity contribution in [2.45, 2.75) is 26.0 Å². The summed E-state index contributed by atoms with van der Waals surface area (Å²) >= 11 is 0. The molecule has 6 heteroatoms. The Morgan fingerprint density at radius 2 is 1.71 bits per heavy atom. The summed E-state index contributed by atoms with van der Waals surface area (Å²) in [5.41, 5.74) is 0.925. The number of aliphatic hydroxyl groups is 1. The predicted octanol–water partition coefficient (Wildman–Crippen LogP) is 1.34. The van der Waals surface area contributed by atoms with Gasteiger partial charge in [-0.15, -0.1) is 0 Å². The normalized spacial score (nSPS) is 19.0. The number of likely N-dealkylation sites (N-methyl/N-ethyl adjacent to an activating group) is 1. The van der Waals surface area contributed by atoms with Gasteiger partial charge in [0.05, 0.1) is 18.7 Å². The molecule has 1 aromatic carbocycles. The lowest BCUT2D eigenvalue weighted by atomic mass is 10.1. The molecular weight excluding hydrogens is 309 g/mol. The van der Waals surface area contributed by atoms with Crippen molar-refractivity contribution in [3.8, 4) is 0 Å². The fourth-order valence-electron chi connectivity index (χ4n) is 2.99. The van der Waals surface area contributed by atoms with Gasteiger partial charge in [-0.25, -0.2) is 4.39 Å². The van der Waals surface area contributed by atoms with Gasteiger partial charge < -0.3 is 10.0 Å². The van der Waals surface area contributed by atoms with Crippen LogP contribution in [-0.2, 0) is 4.79 Å². The molecule has 1 aliphatic rings. The van der Waals surface area contributed by atoms with Gasteiger partial charge in [0.25, 0.3) is 0 Å². The molecule has 0 aromatic heterocycles. The average molecular weight is 337 g/mol. The van der Waals surface area contributed by atoms with Gasteiger partial charge in [0.15, 0.2) is 0 Å². The standard InChI is InChI=1S/C18H28FN3O2/c1-14(23)12-21-8-10-22(11-9-21)13-18(24)20(3)15(2)16-4-6-17(19)7-5-16/h4-7,14-15,23H,8-13H2,1-3H3/t14-,15-/m0/s1. The van der Waals surface area contributed by atoms with E-state index in [0.29, 0.717) is 13.1 Å². The molecular formula is C18H28FN3O2. The summed E-state index contributed by atoms with van der Waals surface area (Å²) in [6.07, 6.45) is -0.319. The Morgan fingerprint density at radius 1 is 1.17 bits per heavy atom. The molecule has 1 aliphatic heterocycles. The second-order valence-corrected chi connectivity index (χ2v) is 6.66. The zero-order valence-corrected chi connectivity index (χ0v) is 14.8. The molecule has 134 valence electrons. The number of benzene rings is 1. The van der Waals surface area contributed by atoms with E-state index in [2.05, 4.69) is 9.80 Å². The molecule has 0 saturated carbocycles. The van der Waals surface area contributed by atoms with Crippen LogP contribution in [-0.4, -0.2) is 78.1 Å². The van der Waals surface area contributed by atoms with Crippen LogP contribution in [0.15, 0.2) is 24.3 Å². The molecule has 24 heavy (non-hydrogen) atoms. The van der Waals surface area contributed by atoms with E-state index in [4.69, 9.17) is 0 Å². The predicted molar refractivity (Wildman–Crippen MR) is 92.1 cm³/mol. The van der Waals surface area contributed by atoms with E-state index in [9.17, 15) is 14.3 Å². The lowest BCUT2D eigenvalue weighted by Gasteiger charge is -2.36. The van der Waals surface area contributed by atoms with Crippen molar-refractivity contribution in [1.29, 1.82) is 0 Å². The average Bonchev–Trinajstić information content (AvgIpc) is 2.55. The molecule has 1 amide bonds. The van der Waals surface area contributed by atoms with Crippen LogP contribution >= 0.6 is 0 Å². The molecule has 0 aliphatic carbocycles. The number of rotatable bonds is 6. The number of carbonyl (C=O) groups excluding carboxylic acids is 1. The van der Waals surface area contributed by atoms with Crippen LogP contribution in [0.4, 0.5) is 4.39 Å². The zero-order valence-electron chi connectivity index (χ0n) is 14.8. The maximum Gasteiger partial charge on any atom is 0.236 e. The second-order valence-electron chi connectivity index (χ2n) is 6.66. The number of halogens is 1. The first-order chi connectivity index (χ1) is 11.4. The van der Waals surface area contributed by atoms with Gasteiger partial charge in [-0.3, -0.25) is 14.6 Å². The first kappa shape index (κ1) is 18.8. The van der Waals surface area contributed by atoms with Gasteiger partial charge >= 0.3 is 0 Å². The van der Waals surface area contributed by atoms with Crippen molar-refractivity contribution in [3.63, 3.8) is 0 Å². The Morgan fingerprint density at radius 3 is 2.25 bits per heavy atom. The van der Waals surface area contributed by atoms with Crippen LogP contribution in [0.1, 0.15) is 25.5 Å². The van der Waals surface area contributed by atoms with Crippen LogP contribution in [0.2, 0.25) is 0 Å². The molecule has 1 fully saturated rings. The van der Waals surface area contributed by atoms with Gasteiger partial charge in [0.1, 0.15) is 5.82 Å². The van der Waals surface area contributed by atoms with Crippen molar-refractivity contribution < 1.29 is 14.3 Å². The Balaban J connectivity index is 1.82. The van der Waals surface area contributed by atoms with Gasteiger partial charge in [0.2, 0.25) is 5.91 Å². The smallest absolute Gasteiger partial charge is 0.236 e. The van der Waals surface area contributed by atoms with Crippen LogP contribution in [0, 0.1) is 5.82 Å². The number of β-amino-alcohol motifs (C(OH)–C–C–N with tert-alkyl or cyclic N) is 1. The van der Waals surface area contributed by atoms with E-state index in [1.165, 1.54) is 12.1 Å². The first-order valence-corrected chi connectivity index (χ1v) is 8.50. The molecule has 1 N–H and O–H groups in total. The Bertz CT molecular complexity index is 528. The number of hydrogen-bond acceptors (Lipinski definition) is 4. The maximum absolute atomic E-state index is 13.0. The van der Waals surface area contributed by atoms with E-state index in [1.54, 1.807) is 31.0 Å². The van der Waals surface area contributed by atoms with Crippen molar-refractivity contribution in [2.24, 2.45) is 0 Å². The van der Waals surface area contributed by atoms with Crippen LogP contribution in [0.25, 0.3) is 0 Å². The summed E-state index contributed by atoms with van der Waals surface area (Å²) in [6.45, 7) is 8.22. The third-order valence-electron chi connectivity index (χ3n) is 4.67. The van der Waals surface area contributed by atoms with Crippen molar-refractivity contribution >= 4 is 5.91 Å². The van der Waals surface area contributed by atoms with Crippen molar-refractivity contribution in [1.82, 2.24) is 14.7 Å². The highest BCUT2D eigenvalue weighted by atomic mass is 19.1. The van der Waals surface area contributed by atoms with Crippen LogP contribution < -0.4 is 0 Å². The number of aliphatic hydroxyl groups excluding tert-OH is 1. The summed E-state index contributed by atoms with van der Waals surface area (Å²) in [5.74, 6) is -0.203. The summed E-state index contributed by atoms with van der Waals surface area (Å²) < 4.78 is 13.0. The summed E-state index contributed by atoms with van der Waals surface area (Å²) in [7, 11) is 1.79. The fourth-order valence-corrected chi connectivity index (χ4v) is 2.99. The van der Waals surface area contributed by atoms with E-state index in [1.807, 2.05) is 6.92 Å². The molecule has 5 nitrogen and oxygen atoms in total. The van der Waals surface area contributed by atoms with Gasteiger partial charge in [-0.1, -0.05) is 12.1 Å². The minimum atomic E-state index is -0.319. The zero-order chi connectivity index (χ0) is 17.7. The molecule has 0 spiro atoms. The molecule has 1 saturated heterocycles. The highest BCUT2D eigenvalue weighted by Crippen LogP contribution is 2.19. The van der Waals surface area contributed by atoms with E-state index >= 15 is 0 Å². The highest BCUT2D eigenvalue weighted by Gasteiger charge is 2.23. The van der Waals surface area contributed by atoms with Gasteiger partial charge in [-0.05, 0) is 31.5 Å². The Labute approximate surface area is 143 Å². The number of amides is 1.